The van der Waals surface area contributed by atoms with Gasteiger partial charge in [0.25, 0.3) is 0 Å². The Balaban J connectivity index is 1.42. The van der Waals surface area contributed by atoms with E-state index >= 15 is 0 Å². The summed E-state index contributed by atoms with van der Waals surface area (Å²) in [6.07, 6.45) is 2.76. The van der Waals surface area contributed by atoms with Crippen molar-refractivity contribution in [2.45, 2.75) is 37.5 Å². The average molecular weight is 386 g/mol. The molecule has 2 N–H and O–H groups in total. The van der Waals surface area contributed by atoms with Gasteiger partial charge in [0.1, 0.15) is 5.82 Å². The summed E-state index contributed by atoms with van der Waals surface area (Å²) in [5, 5.41) is 5.49. The predicted octanol–water partition coefficient (Wildman–Crippen LogP) is 3.56. The fraction of sp³-hybridized carbons (Fsp3) is 0.333. The number of anilines is 1. The molecule has 2 aromatic rings. The van der Waals surface area contributed by atoms with Gasteiger partial charge in [0.05, 0.1) is 11.0 Å². The van der Waals surface area contributed by atoms with Crippen LogP contribution >= 0.6 is 11.8 Å². The number of thioether (sulfide) groups is 1. The van der Waals surface area contributed by atoms with Crippen LogP contribution in [0.1, 0.15) is 24.5 Å². The van der Waals surface area contributed by atoms with Crippen molar-refractivity contribution in [2.24, 2.45) is 0 Å². The lowest BCUT2D eigenvalue weighted by Gasteiger charge is -2.26. The van der Waals surface area contributed by atoms with Crippen molar-refractivity contribution in [3.8, 4) is 0 Å². The van der Waals surface area contributed by atoms with E-state index in [0.29, 0.717) is 5.69 Å². The van der Waals surface area contributed by atoms with Gasteiger partial charge in [0.2, 0.25) is 11.8 Å². The second-order valence-corrected chi connectivity index (χ2v) is 8.05. The summed E-state index contributed by atoms with van der Waals surface area (Å²) >= 11 is 1.29. The van der Waals surface area contributed by atoms with Crippen molar-refractivity contribution in [3.05, 3.63) is 65.5 Å². The first-order valence-electron chi connectivity index (χ1n) is 9.05. The fourth-order valence-corrected chi connectivity index (χ4v) is 3.84. The van der Waals surface area contributed by atoms with Gasteiger partial charge in [-0.3, -0.25) is 9.59 Å². The maximum absolute atomic E-state index is 12.9. The lowest BCUT2D eigenvalue weighted by atomic mass is 9.88. The van der Waals surface area contributed by atoms with Gasteiger partial charge in [-0.1, -0.05) is 24.3 Å². The van der Waals surface area contributed by atoms with Gasteiger partial charge in [0.15, 0.2) is 0 Å². The lowest BCUT2D eigenvalue weighted by molar-refractivity contribution is -0.121. The van der Waals surface area contributed by atoms with Crippen molar-refractivity contribution in [1.82, 2.24) is 5.32 Å². The first kappa shape index (κ1) is 19.4. The number of rotatable bonds is 6. The molecule has 0 spiro atoms. The van der Waals surface area contributed by atoms with E-state index in [0.717, 1.165) is 19.3 Å². The fourth-order valence-electron chi connectivity index (χ4n) is 3.15. The van der Waals surface area contributed by atoms with E-state index in [1.807, 2.05) is 19.1 Å². The Morgan fingerprint density at radius 2 is 1.85 bits per heavy atom. The SMILES string of the molecule is CC(SCC(=O)Nc1ccc(F)cc1)C(=O)NC1CCc2ccccc2C1. The molecule has 0 fully saturated rings. The number of halogens is 1. The van der Waals surface area contributed by atoms with Crippen LogP contribution in [0.2, 0.25) is 0 Å². The minimum atomic E-state index is -0.349. The third-order valence-corrected chi connectivity index (χ3v) is 5.80. The Morgan fingerprint density at radius 3 is 2.59 bits per heavy atom. The largest absolute Gasteiger partial charge is 0.352 e. The highest BCUT2D eigenvalue weighted by Gasteiger charge is 2.22. The topological polar surface area (TPSA) is 58.2 Å². The van der Waals surface area contributed by atoms with Crippen molar-refractivity contribution >= 4 is 29.3 Å². The van der Waals surface area contributed by atoms with Crippen LogP contribution in [0.25, 0.3) is 0 Å². The number of benzene rings is 2. The number of nitrogens with one attached hydrogen (secondary N) is 2. The zero-order chi connectivity index (χ0) is 19.2. The molecule has 4 nitrogen and oxygen atoms in total. The molecule has 142 valence electrons. The van der Waals surface area contributed by atoms with Crippen LogP contribution in [0.3, 0.4) is 0 Å². The van der Waals surface area contributed by atoms with Crippen LogP contribution < -0.4 is 10.6 Å². The second kappa shape index (κ2) is 9.04. The van der Waals surface area contributed by atoms with Crippen LogP contribution in [0.4, 0.5) is 10.1 Å². The number of carbonyl (C=O) groups is 2. The summed E-state index contributed by atoms with van der Waals surface area (Å²) in [4.78, 5) is 24.4. The Morgan fingerprint density at radius 1 is 1.15 bits per heavy atom. The Kier molecular flexibility index (Phi) is 6.50. The Bertz CT molecular complexity index is 810. The van der Waals surface area contributed by atoms with Crippen LogP contribution in [0, 0.1) is 5.82 Å². The van der Waals surface area contributed by atoms with E-state index in [4.69, 9.17) is 0 Å². The summed E-state index contributed by atoms with van der Waals surface area (Å²) in [6.45, 7) is 1.81. The molecule has 1 aliphatic carbocycles. The molecule has 2 amide bonds. The van der Waals surface area contributed by atoms with Crippen molar-refractivity contribution < 1.29 is 14.0 Å². The number of hydrogen-bond donors (Lipinski definition) is 2. The summed E-state index contributed by atoms with van der Waals surface area (Å²) in [5.41, 5.74) is 3.20. The molecule has 0 saturated carbocycles. The summed E-state index contributed by atoms with van der Waals surface area (Å²) in [7, 11) is 0. The van der Waals surface area contributed by atoms with Crippen LogP contribution in [0.5, 0.6) is 0 Å². The molecular weight excluding hydrogens is 363 g/mol. The quantitative estimate of drug-likeness (QED) is 0.798. The van der Waals surface area contributed by atoms with E-state index in [9.17, 15) is 14.0 Å². The number of fused-ring (bicyclic) bond motifs is 1. The summed E-state index contributed by atoms with van der Waals surface area (Å²) in [6, 6.07) is 14.1. The molecule has 2 unspecified atom stereocenters. The third-order valence-electron chi connectivity index (χ3n) is 4.65. The number of carbonyl (C=O) groups excluding carboxylic acids is 2. The maximum atomic E-state index is 12.9. The monoisotopic (exact) mass is 386 g/mol. The highest BCUT2D eigenvalue weighted by molar-refractivity contribution is 8.01. The van der Waals surface area contributed by atoms with Crippen LogP contribution in [0.15, 0.2) is 48.5 Å². The molecule has 0 aromatic heterocycles. The molecule has 27 heavy (non-hydrogen) atoms. The van der Waals surface area contributed by atoms with E-state index in [-0.39, 0.29) is 34.7 Å². The standard InChI is InChI=1S/C21H23FN2O2S/c1-14(27-13-20(25)23-18-10-7-17(22)8-11-18)21(26)24-19-9-6-15-4-2-3-5-16(15)12-19/h2-5,7-8,10-11,14,19H,6,9,12-13H2,1H3,(H,23,25)(H,24,26). The molecule has 2 aromatic carbocycles. The van der Waals surface area contributed by atoms with E-state index in [2.05, 4.69) is 22.8 Å². The predicted molar refractivity (Wildman–Crippen MR) is 107 cm³/mol. The molecule has 0 radical (unpaired) electrons. The summed E-state index contributed by atoms with van der Waals surface area (Å²) in [5.74, 6) is -0.436. The van der Waals surface area contributed by atoms with Gasteiger partial charge in [-0.25, -0.2) is 4.39 Å². The third kappa shape index (κ3) is 5.57. The highest BCUT2D eigenvalue weighted by Crippen LogP contribution is 2.22. The molecule has 2 atom stereocenters. The van der Waals surface area contributed by atoms with E-state index in [1.54, 1.807) is 0 Å². The minimum absolute atomic E-state index is 0.0426. The van der Waals surface area contributed by atoms with Crippen molar-refractivity contribution in [2.75, 3.05) is 11.1 Å². The van der Waals surface area contributed by atoms with Gasteiger partial charge in [-0.05, 0) is 61.6 Å². The van der Waals surface area contributed by atoms with Gasteiger partial charge >= 0.3 is 0 Å². The van der Waals surface area contributed by atoms with Gasteiger partial charge in [0, 0.05) is 11.7 Å². The van der Waals surface area contributed by atoms with Crippen molar-refractivity contribution in [3.63, 3.8) is 0 Å². The number of aryl methyl sites for hydroxylation is 1. The van der Waals surface area contributed by atoms with Crippen molar-refractivity contribution in [1.29, 1.82) is 0 Å². The summed E-state index contributed by atoms with van der Waals surface area (Å²) < 4.78 is 12.9. The smallest absolute Gasteiger partial charge is 0.234 e. The number of amides is 2. The normalized spacial score (nSPS) is 16.9. The van der Waals surface area contributed by atoms with Crippen LogP contribution in [-0.4, -0.2) is 28.9 Å². The average Bonchev–Trinajstić information content (AvgIpc) is 2.67. The molecule has 6 heteroatoms. The van der Waals surface area contributed by atoms with E-state index < -0.39 is 0 Å². The molecule has 3 rings (SSSR count). The Labute approximate surface area is 162 Å². The van der Waals surface area contributed by atoms with Crippen LogP contribution in [-0.2, 0) is 22.4 Å². The molecule has 0 heterocycles. The molecule has 0 aliphatic heterocycles. The first-order valence-corrected chi connectivity index (χ1v) is 10.1. The van der Waals surface area contributed by atoms with Gasteiger partial charge in [-0.15, -0.1) is 11.8 Å². The molecule has 1 aliphatic rings. The van der Waals surface area contributed by atoms with Gasteiger partial charge in [-0.2, -0.15) is 0 Å². The molecular formula is C21H23FN2O2S. The zero-order valence-electron chi connectivity index (χ0n) is 15.2. The lowest BCUT2D eigenvalue weighted by Crippen LogP contribution is -2.42. The molecule has 0 saturated heterocycles. The van der Waals surface area contributed by atoms with E-state index in [1.165, 1.54) is 47.2 Å². The minimum Gasteiger partial charge on any atom is -0.352 e. The highest BCUT2D eigenvalue weighted by atomic mass is 32.2. The van der Waals surface area contributed by atoms with Gasteiger partial charge < -0.3 is 10.6 Å². The zero-order valence-corrected chi connectivity index (χ0v) is 16.0. The second-order valence-electron chi connectivity index (χ2n) is 6.73. The maximum Gasteiger partial charge on any atom is 0.234 e. The number of hydrogen-bond acceptors (Lipinski definition) is 3. The first-order chi connectivity index (χ1) is 13.0. The Hall–Kier alpha value is -2.34. The molecule has 0 bridgehead atoms.